The number of hydrogen-bond donors (Lipinski definition) is 1. The molecule has 1 aromatic heterocycles. The molecule has 0 radical (unpaired) electrons. The summed E-state index contributed by atoms with van der Waals surface area (Å²) in [6, 6.07) is 4.58. The van der Waals surface area contributed by atoms with E-state index in [9.17, 15) is 4.79 Å². The third-order valence-electron chi connectivity index (χ3n) is 2.80. The SMILES string of the molecule is Cc1nn(C)c(COc2ccc(C(=O)O)cc2Br)c1Cl. The minimum atomic E-state index is -0.984. The van der Waals surface area contributed by atoms with Gasteiger partial charge >= 0.3 is 5.97 Å². The Morgan fingerprint density at radius 1 is 1.55 bits per heavy atom. The molecule has 5 nitrogen and oxygen atoms in total. The smallest absolute Gasteiger partial charge is 0.335 e. The first-order valence-corrected chi connectivity index (χ1v) is 6.91. The van der Waals surface area contributed by atoms with Gasteiger partial charge in [0.05, 0.1) is 26.4 Å². The zero-order chi connectivity index (χ0) is 14.9. The monoisotopic (exact) mass is 358 g/mol. The van der Waals surface area contributed by atoms with Crippen molar-refractivity contribution in [3.8, 4) is 5.75 Å². The molecule has 2 rings (SSSR count). The first kappa shape index (κ1) is 14.9. The lowest BCUT2D eigenvalue weighted by Gasteiger charge is -2.09. The lowest BCUT2D eigenvalue weighted by molar-refractivity contribution is 0.0696. The topological polar surface area (TPSA) is 64.4 Å². The van der Waals surface area contributed by atoms with E-state index in [1.54, 1.807) is 17.8 Å². The number of ether oxygens (including phenoxy) is 1. The molecule has 20 heavy (non-hydrogen) atoms. The van der Waals surface area contributed by atoms with E-state index in [2.05, 4.69) is 21.0 Å². The van der Waals surface area contributed by atoms with Crippen molar-refractivity contribution in [2.45, 2.75) is 13.5 Å². The molecular weight excluding hydrogens is 348 g/mol. The highest BCUT2D eigenvalue weighted by Gasteiger charge is 2.13. The molecule has 0 saturated carbocycles. The highest BCUT2D eigenvalue weighted by Crippen LogP contribution is 2.28. The van der Waals surface area contributed by atoms with E-state index in [0.717, 1.165) is 11.4 Å². The molecule has 0 aliphatic carbocycles. The lowest BCUT2D eigenvalue weighted by Crippen LogP contribution is -2.04. The molecule has 0 saturated heterocycles. The van der Waals surface area contributed by atoms with Gasteiger partial charge in [-0.05, 0) is 41.1 Å². The van der Waals surface area contributed by atoms with Gasteiger partial charge in [-0.25, -0.2) is 4.79 Å². The number of aromatic carboxylic acids is 1. The van der Waals surface area contributed by atoms with Crippen molar-refractivity contribution < 1.29 is 14.6 Å². The number of aromatic nitrogens is 2. The molecule has 1 aromatic carbocycles. The predicted octanol–water partition coefficient (Wildman–Crippen LogP) is 3.42. The second-order valence-corrected chi connectivity index (χ2v) is 5.44. The minimum Gasteiger partial charge on any atom is -0.486 e. The largest absolute Gasteiger partial charge is 0.486 e. The summed E-state index contributed by atoms with van der Waals surface area (Å²) in [5, 5.41) is 13.7. The van der Waals surface area contributed by atoms with Crippen LogP contribution in [0.2, 0.25) is 5.02 Å². The average molecular weight is 360 g/mol. The van der Waals surface area contributed by atoms with E-state index in [1.807, 2.05) is 6.92 Å². The van der Waals surface area contributed by atoms with Crippen molar-refractivity contribution >= 4 is 33.5 Å². The number of halogens is 2. The Morgan fingerprint density at radius 3 is 2.75 bits per heavy atom. The van der Waals surface area contributed by atoms with Crippen LogP contribution in [0.15, 0.2) is 22.7 Å². The number of benzene rings is 1. The number of nitrogens with zero attached hydrogens (tertiary/aromatic N) is 2. The van der Waals surface area contributed by atoms with Crippen molar-refractivity contribution in [3.05, 3.63) is 44.6 Å². The van der Waals surface area contributed by atoms with Gasteiger partial charge in [0.15, 0.2) is 0 Å². The van der Waals surface area contributed by atoms with Crippen LogP contribution in [0, 0.1) is 6.92 Å². The minimum absolute atomic E-state index is 0.193. The molecule has 0 atom stereocenters. The second-order valence-electron chi connectivity index (χ2n) is 4.21. The summed E-state index contributed by atoms with van der Waals surface area (Å²) in [5.74, 6) is -0.438. The Bertz CT molecular complexity index is 670. The van der Waals surface area contributed by atoms with Gasteiger partial charge in [-0.1, -0.05) is 11.6 Å². The summed E-state index contributed by atoms with van der Waals surface area (Å²) in [6.07, 6.45) is 0. The molecule has 106 valence electrons. The van der Waals surface area contributed by atoms with Crippen LogP contribution >= 0.6 is 27.5 Å². The van der Waals surface area contributed by atoms with Crippen molar-refractivity contribution in [2.24, 2.45) is 7.05 Å². The first-order chi connectivity index (χ1) is 9.40. The van der Waals surface area contributed by atoms with Crippen molar-refractivity contribution in [2.75, 3.05) is 0 Å². The highest BCUT2D eigenvalue weighted by atomic mass is 79.9. The summed E-state index contributed by atoms with van der Waals surface area (Å²) in [4.78, 5) is 10.8. The number of carboxylic acid groups (broad SMARTS) is 1. The molecule has 0 aliphatic rings. The maximum absolute atomic E-state index is 10.8. The fourth-order valence-corrected chi connectivity index (χ4v) is 2.44. The molecule has 7 heteroatoms. The normalized spacial score (nSPS) is 10.6. The van der Waals surface area contributed by atoms with E-state index < -0.39 is 5.97 Å². The zero-order valence-electron chi connectivity index (χ0n) is 10.9. The van der Waals surface area contributed by atoms with Gasteiger partial charge in [0, 0.05) is 7.05 Å². The number of carbonyl (C=O) groups is 1. The molecular formula is C13H12BrClN2O3. The van der Waals surface area contributed by atoms with Crippen LogP contribution in [0.5, 0.6) is 5.75 Å². The zero-order valence-corrected chi connectivity index (χ0v) is 13.2. The van der Waals surface area contributed by atoms with Crippen LogP contribution in [0.4, 0.5) is 0 Å². The van der Waals surface area contributed by atoms with Crippen LogP contribution in [0.3, 0.4) is 0 Å². The molecule has 0 bridgehead atoms. The number of hydrogen-bond acceptors (Lipinski definition) is 3. The third kappa shape index (κ3) is 2.96. The third-order valence-corrected chi connectivity index (χ3v) is 3.92. The maximum atomic E-state index is 10.8. The van der Waals surface area contributed by atoms with Gasteiger partial charge in [-0.3, -0.25) is 4.68 Å². The van der Waals surface area contributed by atoms with Crippen molar-refractivity contribution in [1.82, 2.24) is 9.78 Å². The van der Waals surface area contributed by atoms with E-state index in [4.69, 9.17) is 21.4 Å². The lowest BCUT2D eigenvalue weighted by atomic mass is 10.2. The summed E-state index contributed by atoms with van der Waals surface area (Å²) < 4.78 is 7.89. The maximum Gasteiger partial charge on any atom is 0.335 e. The molecule has 1 N–H and O–H groups in total. The van der Waals surface area contributed by atoms with Gasteiger partial charge in [-0.15, -0.1) is 0 Å². The Kier molecular flexibility index (Phi) is 4.35. The fraction of sp³-hybridized carbons (Fsp3) is 0.231. The number of rotatable bonds is 4. The van der Waals surface area contributed by atoms with Gasteiger partial charge in [0.1, 0.15) is 12.4 Å². The van der Waals surface area contributed by atoms with Crippen LogP contribution < -0.4 is 4.74 Å². The first-order valence-electron chi connectivity index (χ1n) is 5.73. The van der Waals surface area contributed by atoms with E-state index in [1.165, 1.54) is 12.1 Å². The molecule has 2 aromatic rings. The summed E-state index contributed by atoms with van der Waals surface area (Å²) in [6.45, 7) is 2.07. The number of carboxylic acids is 1. The quantitative estimate of drug-likeness (QED) is 0.908. The van der Waals surface area contributed by atoms with Crippen LogP contribution in [0.25, 0.3) is 0 Å². The van der Waals surface area contributed by atoms with Gasteiger partial charge in [-0.2, -0.15) is 5.10 Å². The number of aryl methyl sites for hydroxylation is 2. The predicted molar refractivity (Wildman–Crippen MR) is 78.4 cm³/mol. The van der Waals surface area contributed by atoms with E-state index in [0.29, 0.717) is 15.2 Å². The molecule has 0 spiro atoms. The molecule has 0 fully saturated rings. The second kappa shape index (κ2) is 5.85. The summed E-state index contributed by atoms with van der Waals surface area (Å²) in [7, 11) is 1.79. The highest BCUT2D eigenvalue weighted by molar-refractivity contribution is 9.10. The Morgan fingerprint density at radius 2 is 2.25 bits per heavy atom. The Hall–Kier alpha value is -1.53. The molecule has 1 heterocycles. The van der Waals surface area contributed by atoms with Crippen molar-refractivity contribution in [1.29, 1.82) is 0 Å². The average Bonchev–Trinajstić information content (AvgIpc) is 2.62. The van der Waals surface area contributed by atoms with Crippen LogP contribution in [0.1, 0.15) is 21.7 Å². The summed E-state index contributed by atoms with van der Waals surface area (Å²) in [5.41, 5.74) is 1.70. The molecule has 0 unspecified atom stereocenters. The standard InChI is InChI=1S/C13H12BrClN2O3/c1-7-12(15)10(17(2)16-7)6-20-11-4-3-8(13(18)19)5-9(11)14/h3-5H,6H2,1-2H3,(H,18,19). The van der Waals surface area contributed by atoms with E-state index >= 15 is 0 Å². The molecule has 0 amide bonds. The Balaban J connectivity index is 2.17. The Labute approximate surface area is 129 Å². The van der Waals surface area contributed by atoms with Gasteiger partial charge in [0.25, 0.3) is 0 Å². The van der Waals surface area contributed by atoms with Gasteiger partial charge in [0.2, 0.25) is 0 Å². The molecule has 0 aliphatic heterocycles. The summed E-state index contributed by atoms with van der Waals surface area (Å²) >= 11 is 9.42. The fourth-order valence-electron chi connectivity index (χ4n) is 1.73. The van der Waals surface area contributed by atoms with Crippen molar-refractivity contribution in [3.63, 3.8) is 0 Å². The van der Waals surface area contributed by atoms with Crippen LogP contribution in [-0.2, 0) is 13.7 Å². The van der Waals surface area contributed by atoms with Crippen LogP contribution in [-0.4, -0.2) is 20.9 Å². The van der Waals surface area contributed by atoms with E-state index in [-0.39, 0.29) is 12.2 Å². The van der Waals surface area contributed by atoms with Gasteiger partial charge < -0.3 is 9.84 Å².